The number of anilines is 1. The van der Waals surface area contributed by atoms with E-state index in [4.69, 9.17) is 22.1 Å². The van der Waals surface area contributed by atoms with Gasteiger partial charge in [0.1, 0.15) is 5.75 Å². The van der Waals surface area contributed by atoms with Crippen LogP contribution in [0.15, 0.2) is 36.5 Å². The number of rotatable bonds is 2. The fourth-order valence-corrected chi connectivity index (χ4v) is 1.21. The molecule has 76 valence electrons. The van der Waals surface area contributed by atoms with Crippen molar-refractivity contribution >= 4 is 17.3 Å². The van der Waals surface area contributed by atoms with Crippen LogP contribution >= 0.6 is 11.6 Å². The van der Waals surface area contributed by atoms with Gasteiger partial charge in [-0.2, -0.15) is 4.98 Å². The first-order valence-corrected chi connectivity index (χ1v) is 4.64. The number of aromatic nitrogens is 2. The zero-order valence-corrected chi connectivity index (χ0v) is 8.48. The lowest BCUT2D eigenvalue weighted by Gasteiger charge is -2.04. The lowest BCUT2D eigenvalue weighted by Crippen LogP contribution is -1.90. The molecule has 2 N–H and O–H groups in total. The number of hydrogen-bond donors (Lipinski definition) is 1. The molecule has 0 atom stereocenters. The van der Waals surface area contributed by atoms with E-state index in [1.165, 1.54) is 6.20 Å². The van der Waals surface area contributed by atoms with Crippen molar-refractivity contribution in [1.29, 1.82) is 0 Å². The molecule has 1 aromatic heterocycles. The molecule has 0 fully saturated rings. The van der Waals surface area contributed by atoms with Crippen LogP contribution in [0.2, 0.25) is 5.28 Å². The van der Waals surface area contributed by atoms with Gasteiger partial charge in [-0.25, -0.2) is 4.98 Å². The van der Waals surface area contributed by atoms with Gasteiger partial charge in [-0.15, -0.1) is 0 Å². The fraction of sp³-hybridized carbons (Fsp3) is 0. The van der Waals surface area contributed by atoms with E-state index in [2.05, 4.69) is 9.97 Å². The molecule has 2 rings (SSSR count). The van der Waals surface area contributed by atoms with Gasteiger partial charge < -0.3 is 10.5 Å². The van der Waals surface area contributed by atoms with Crippen molar-refractivity contribution in [2.24, 2.45) is 0 Å². The number of ether oxygens (including phenoxy) is 1. The van der Waals surface area contributed by atoms with Gasteiger partial charge in [-0.1, -0.05) is 6.07 Å². The van der Waals surface area contributed by atoms with Gasteiger partial charge in [0, 0.05) is 24.0 Å². The summed E-state index contributed by atoms with van der Waals surface area (Å²) in [6.07, 6.45) is 1.52. The van der Waals surface area contributed by atoms with E-state index in [1.807, 2.05) is 0 Å². The molecule has 1 aromatic carbocycles. The van der Waals surface area contributed by atoms with E-state index < -0.39 is 0 Å². The van der Waals surface area contributed by atoms with Crippen molar-refractivity contribution in [2.75, 3.05) is 5.73 Å². The van der Waals surface area contributed by atoms with Gasteiger partial charge in [0.25, 0.3) is 0 Å². The molecular weight excluding hydrogens is 214 g/mol. The number of benzene rings is 1. The first-order chi connectivity index (χ1) is 7.24. The molecule has 5 heteroatoms. The zero-order valence-electron chi connectivity index (χ0n) is 7.72. The number of nitrogens with two attached hydrogens (primary N) is 1. The Morgan fingerprint density at radius 3 is 2.87 bits per heavy atom. The monoisotopic (exact) mass is 221 g/mol. The lowest BCUT2D eigenvalue weighted by atomic mass is 10.3. The van der Waals surface area contributed by atoms with E-state index in [-0.39, 0.29) is 5.28 Å². The zero-order chi connectivity index (χ0) is 10.7. The van der Waals surface area contributed by atoms with Crippen LogP contribution in [0.25, 0.3) is 0 Å². The highest BCUT2D eigenvalue weighted by molar-refractivity contribution is 6.28. The molecule has 0 saturated heterocycles. The molecule has 0 bridgehead atoms. The highest BCUT2D eigenvalue weighted by atomic mass is 35.5. The van der Waals surface area contributed by atoms with Crippen LogP contribution in [0.3, 0.4) is 0 Å². The van der Waals surface area contributed by atoms with Gasteiger partial charge in [-0.3, -0.25) is 0 Å². The van der Waals surface area contributed by atoms with Crippen LogP contribution in [-0.4, -0.2) is 9.97 Å². The minimum absolute atomic E-state index is 0.149. The Bertz CT molecular complexity index is 432. The van der Waals surface area contributed by atoms with Crippen LogP contribution in [0, 0.1) is 0 Å². The van der Waals surface area contributed by atoms with Gasteiger partial charge in [0.2, 0.25) is 11.2 Å². The Balaban J connectivity index is 2.22. The van der Waals surface area contributed by atoms with E-state index in [1.54, 1.807) is 30.3 Å². The second-order valence-electron chi connectivity index (χ2n) is 2.84. The van der Waals surface area contributed by atoms with Gasteiger partial charge in [0.15, 0.2) is 0 Å². The molecule has 0 saturated carbocycles. The van der Waals surface area contributed by atoms with Crippen LogP contribution < -0.4 is 10.5 Å². The molecule has 0 unspecified atom stereocenters. The number of nitrogen functional groups attached to an aromatic ring is 1. The molecule has 0 spiro atoms. The molecule has 0 amide bonds. The smallest absolute Gasteiger partial charge is 0.225 e. The standard InChI is InChI=1S/C10H8ClN3O/c11-10-13-5-4-9(14-10)15-8-3-1-2-7(12)6-8/h1-6H,12H2. The second-order valence-corrected chi connectivity index (χ2v) is 3.18. The third-order valence-corrected chi connectivity index (χ3v) is 1.86. The van der Waals surface area contributed by atoms with Crippen LogP contribution in [0.4, 0.5) is 5.69 Å². The van der Waals surface area contributed by atoms with Crippen molar-refractivity contribution in [2.45, 2.75) is 0 Å². The molecular formula is C10H8ClN3O. The number of hydrogen-bond acceptors (Lipinski definition) is 4. The molecule has 1 heterocycles. The second kappa shape index (κ2) is 4.14. The Labute approximate surface area is 91.7 Å². The summed E-state index contributed by atoms with van der Waals surface area (Å²) in [7, 11) is 0. The van der Waals surface area contributed by atoms with Crippen LogP contribution in [0.5, 0.6) is 11.6 Å². The average Bonchev–Trinajstić information content (AvgIpc) is 2.17. The summed E-state index contributed by atoms with van der Waals surface area (Å²) in [6, 6.07) is 8.69. The Hall–Kier alpha value is -1.81. The maximum absolute atomic E-state index is 5.62. The van der Waals surface area contributed by atoms with E-state index in [0.717, 1.165) is 0 Å². The molecule has 0 radical (unpaired) electrons. The number of halogens is 1. The summed E-state index contributed by atoms with van der Waals surface area (Å²) in [6.45, 7) is 0. The van der Waals surface area contributed by atoms with Crippen LogP contribution in [-0.2, 0) is 0 Å². The third-order valence-electron chi connectivity index (χ3n) is 1.68. The van der Waals surface area contributed by atoms with E-state index in [0.29, 0.717) is 17.3 Å². The fourth-order valence-electron chi connectivity index (χ4n) is 1.08. The van der Waals surface area contributed by atoms with Gasteiger partial charge in [-0.05, 0) is 23.7 Å². The van der Waals surface area contributed by atoms with Crippen molar-refractivity contribution in [3.8, 4) is 11.6 Å². The summed E-state index contributed by atoms with van der Waals surface area (Å²) < 4.78 is 5.42. The predicted octanol–water partition coefficient (Wildman–Crippen LogP) is 2.50. The average molecular weight is 222 g/mol. The summed E-state index contributed by atoms with van der Waals surface area (Å²) in [5.74, 6) is 1.00. The molecule has 4 nitrogen and oxygen atoms in total. The summed E-state index contributed by atoms with van der Waals surface area (Å²) in [5.41, 5.74) is 6.24. The summed E-state index contributed by atoms with van der Waals surface area (Å²) in [5, 5.41) is 0.149. The SMILES string of the molecule is Nc1cccc(Oc2ccnc(Cl)n2)c1. The van der Waals surface area contributed by atoms with E-state index in [9.17, 15) is 0 Å². The van der Waals surface area contributed by atoms with Crippen molar-refractivity contribution in [1.82, 2.24) is 9.97 Å². The Kier molecular flexibility index (Phi) is 2.69. The largest absolute Gasteiger partial charge is 0.439 e. The highest BCUT2D eigenvalue weighted by Gasteiger charge is 1.99. The molecule has 0 aliphatic heterocycles. The summed E-state index contributed by atoms with van der Waals surface area (Å²) >= 11 is 5.62. The minimum Gasteiger partial charge on any atom is -0.439 e. The highest BCUT2D eigenvalue weighted by Crippen LogP contribution is 2.21. The van der Waals surface area contributed by atoms with Crippen LogP contribution in [0.1, 0.15) is 0 Å². The third kappa shape index (κ3) is 2.57. The van der Waals surface area contributed by atoms with Crippen molar-refractivity contribution in [3.05, 3.63) is 41.8 Å². The first-order valence-electron chi connectivity index (χ1n) is 4.26. The molecule has 0 aliphatic rings. The number of nitrogens with zero attached hydrogens (tertiary/aromatic N) is 2. The van der Waals surface area contributed by atoms with Crippen molar-refractivity contribution < 1.29 is 4.74 Å². The molecule has 15 heavy (non-hydrogen) atoms. The van der Waals surface area contributed by atoms with Crippen molar-refractivity contribution in [3.63, 3.8) is 0 Å². The summed E-state index contributed by atoms with van der Waals surface area (Å²) in [4.78, 5) is 7.64. The van der Waals surface area contributed by atoms with E-state index >= 15 is 0 Å². The quantitative estimate of drug-likeness (QED) is 0.625. The normalized spacial score (nSPS) is 9.93. The van der Waals surface area contributed by atoms with Gasteiger partial charge >= 0.3 is 0 Å². The van der Waals surface area contributed by atoms with Gasteiger partial charge in [0.05, 0.1) is 0 Å². The lowest BCUT2D eigenvalue weighted by molar-refractivity contribution is 0.462. The molecule has 2 aromatic rings. The molecule has 0 aliphatic carbocycles. The predicted molar refractivity (Wildman–Crippen MR) is 58.0 cm³/mol. The topological polar surface area (TPSA) is 61.0 Å². The maximum atomic E-state index is 5.62. The maximum Gasteiger partial charge on any atom is 0.225 e. The first kappa shape index (κ1) is 9.73. The Morgan fingerprint density at radius 1 is 1.27 bits per heavy atom. The Morgan fingerprint density at radius 2 is 2.13 bits per heavy atom. The minimum atomic E-state index is 0.149.